The first kappa shape index (κ1) is 13.9. The van der Waals surface area contributed by atoms with Crippen LogP contribution < -0.4 is 10.1 Å². The van der Waals surface area contributed by atoms with Gasteiger partial charge in [0.15, 0.2) is 5.70 Å². The van der Waals surface area contributed by atoms with Gasteiger partial charge in [-0.1, -0.05) is 0 Å². The summed E-state index contributed by atoms with van der Waals surface area (Å²) in [5.41, 5.74) is 0.689. The third-order valence-corrected chi connectivity index (χ3v) is 2.20. The Kier molecular flexibility index (Phi) is 5.05. The maximum atomic E-state index is 11.6. The lowest BCUT2D eigenvalue weighted by molar-refractivity contribution is -0.138. The number of anilines is 1. The summed E-state index contributed by atoms with van der Waals surface area (Å²) < 4.78 is 9.87. The predicted octanol–water partition coefficient (Wildman–Crippen LogP) is 2.46. The number of aliphatic hydroxyl groups excluding tert-OH is 1. The summed E-state index contributed by atoms with van der Waals surface area (Å²) in [6.07, 6.45) is 0. The zero-order valence-corrected chi connectivity index (χ0v) is 10.7. The molecule has 2 N–H and O–H groups in total. The molecule has 5 heteroatoms. The van der Waals surface area contributed by atoms with Gasteiger partial charge in [0.1, 0.15) is 11.5 Å². The van der Waals surface area contributed by atoms with Gasteiger partial charge >= 0.3 is 5.97 Å². The van der Waals surface area contributed by atoms with E-state index < -0.39 is 5.97 Å². The number of carbonyl (C=O) groups is 1. The second kappa shape index (κ2) is 6.54. The van der Waals surface area contributed by atoms with Crippen molar-refractivity contribution in [2.24, 2.45) is 0 Å². The van der Waals surface area contributed by atoms with E-state index in [1.165, 1.54) is 6.92 Å². The summed E-state index contributed by atoms with van der Waals surface area (Å²) in [7, 11) is 1.57. The Morgan fingerprint density at radius 1 is 1.33 bits per heavy atom. The summed E-state index contributed by atoms with van der Waals surface area (Å²) in [5, 5.41) is 12.3. The van der Waals surface area contributed by atoms with Crippen LogP contribution in [0.25, 0.3) is 0 Å². The van der Waals surface area contributed by atoms with Crippen molar-refractivity contribution in [2.75, 3.05) is 19.0 Å². The number of ether oxygens (including phenoxy) is 2. The lowest BCUT2D eigenvalue weighted by Gasteiger charge is -2.11. The Morgan fingerprint density at radius 3 is 2.39 bits per heavy atom. The standard InChI is InChI=1S/C13H17NO4/c1-4-18-13(16)12(9(2)15)14-10-5-7-11(17-3)8-6-10/h5-8,14-15H,4H2,1-3H3/b12-9-. The molecule has 98 valence electrons. The van der Waals surface area contributed by atoms with Crippen molar-refractivity contribution in [3.05, 3.63) is 35.7 Å². The fraction of sp³-hybridized carbons (Fsp3) is 0.308. The summed E-state index contributed by atoms with van der Waals surface area (Å²) in [4.78, 5) is 11.6. The molecule has 0 saturated carbocycles. The molecule has 0 radical (unpaired) electrons. The predicted molar refractivity (Wildman–Crippen MR) is 68.6 cm³/mol. The van der Waals surface area contributed by atoms with Crippen molar-refractivity contribution in [3.63, 3.8) is 0 Å². The van der Waals surface area contributed by atoms with Crippen LogP contribution in [0.4, 0.5) is 5.69 Å². The molecule has 0 amide bonds. The highest BCUT2D eigenvalue weighted by Crippen LogP contribution is 2.17. The van der Waals surface area contributed by atoms with Crippen LogP contribution >= 0.6 is 0 Å². The van der Waals surface area contributed by atoms with Crippen LogP contribution in [0.1, 0.15) is 13.8 Å². The number of benzene rings is 1. The van der Waals surface area contributed by atoms with Crippen LogP contribution in [-0.4, -0.2) is 24.8 Å². The SMILES string of the molecule is CCOC(=O)/C(Nc1ccc(OC)cc1)=C(\C)O. The number of rotatable bonds is 5. The molecular weight excluding hydrogens is 234 g/mol. The first-order valence-electron chi connectivity index (χ1n) is 5.56. The van der Waals surface area contributed by atoms with Crippen LogP contribution in [0, 0.1) is 0 Å². The number of allylic oxidation sites excluding steroid dienone is 1. The average Bonchev–Trinajstić information content (AvgIpc) is 2.36. The molecule has 1 rings (SSSR count). The number of carbonyl (C=O) groups excluding carboxylic acids is 1. The molecule has 1 aromatic carbocycles. The molecule has 18 heavy (non-hydrogen) atoms. The Bertz CT molecular complexity index is 433. The monoisotopic (exact) mass is 251 g/mol. The number of aliphatic hydroxyl groups is 1. The molecule has 1 aromatic rings. The third kappa shape index (κ3) is 3.69. The van der Waals surface area contributed by atoms with Gasteiger partial charge in [0.05, 0.1) is 13.7 Å². The molecule has 0 atom stereocenters. The van der Waals surface area contributed by atoms with Gasteiger partial charge in [-0.05, 0) is 38.1 Å². The molecular formula is C13H17NO4. The van der Waals surface area contributed by atoms with Crippen LogP contribution in [-0.2, 0) is 9.53 Å². The molecule has 0 aromatic heterocycles. The third-order valence-electron chi connectivity index (χ3n) is 2.20. The van der Waals surface area contributed by atoms with Gasteiger partial charge in [-0.15, -0.1) is 0 Å². The molecule has 0 fully saturated rings. The average molecular weight is 251 g/mol. The summed E-state index contributed by atoms with van der Waals surface area (Å²) >= 11 is 0. The van der Waals surface area contributed by atoms with Crippen molar-refractivity contribution in [3.8, 4) is 5.75 Å². The van der Waals surface area contributed by atoms with E-state index in [9.17, 15) is 9.90 Å². The number of hydrogen-bond acceptors (Lipinski definition) is 5. The maximum Gasteiger partial charge on any atom is 0.358 e. The van der Waals surface area contributed by atoms with Crippen molar-refractivity contribution < 1.29 is 19.4 Å². The number of esters is 1. The van der Waals surface area contributed by atoms with E-state index in [0.29, 0.717) is 11.4 Å². The van der Waals surface area contributed by atoms with E-state index >= 15 is 0 Å². The fourth-order valence-electron chi connectivity index (χ4n) is 1.31. The molecule has 0 aliphatic heterocycles. The van der Waals surface area contributed by atoms with E-state index in [2.05, 4.69) is 5.32 Å². The first-order valence-corrected chi connectivity index (χ1v) is 5.56. The van der Waals surface area contributed by atoms with Gasteiger partial charge in [0, 0.05) is 5.69 Å². The largest absolute Gasteiger partial charge is 0.510 e. The van der Waals surface area contributed by atoms with Crippen LogP contribution in [0.15, 0.2) is 35.7 Å². The normalized spacial score (nSPS) is 11.5. The highest BCUT2D eigenvalue weighted by Gasteiger charge is 2.14. The van der Waals surface area contributed by atoms with E-state index in [-0.39, 0.29) is 18.1 Å². The van der Waals surface area contributed by atoms with Crippen LogP contribution in [0.5, 0.6) is 5.75 Å². The van der Waals surface area contributed by atoms with Crippen molar-refractivity contribution >= 4 is 11.7 Å². The number of nitrogens with one attached hydrogen (secondary N) is 1. The topological polar surface area (TPSA) is 67.8 Å². The van der Waals surface area contributed by atoms with E-state index in [0.717, 1.165) is 0 Å². The highest BCUT2D eigenvalue weighted by molar-refractivity contribution is 5.92. The Balaban J connectivity index is 2.84. The maximum absolute atomic E-state index is 11.6. The number of methoxy groups -OCH3 is 1. The summed E-state index contributed by atoms with van der Waals surface area (Å²) in [5.74, 6) is 0.000482. The Hall–Kier alpha value is -2.17. The molecule has 0 saturated heterocycles. The molecule has 0 heterocycles. The Labute approximate surface area is 106 Å². The van der Waals surface area contributed by atoms with Gasteiger partial charge in [-0.2, -0.15) is 0 Å². The minimum absolute atomic E-state index is 0.0296. The molecule has 0 spiro atoms. The van der Waals surface area contributed by atoms with Crippen molar-refractivity contribution in [1.29, 1.82) is 0 Å². The first-order chi connectivity index (χ1) is 8.58. The lowest BCUT2D eigenvalue weighted by atomic mass is 10.2. The van der Waals surface area contributed by atoms with Crippen LogP contribution in [0.2, 0.25) is 0 Å². The summed E-state index contributed by atoms with van der Waals surface area (Å²) in [6, 6.07) is 6.97. The van der Waals surface area contributed by atoms with Crippen LogP contribution in [0.3, 0.4) is 0 Å². The van der Waals surface area contributed by atoms with Gasteiger partial charge in [-0.25, -0.2) is 4.79 Å². The van der Waals surface area contributed by atoms with Gasteiger partial charge in [0.2, 0.25) is 0 Å². The minimum Gasteiger partial charge on any atom is -0.510 e. The fourth-order valence-corrected chi connectivity index (χ4v) is 1.31. The van der Waals surface area contributed by atoms with Crippen molar-refractivity contribution in [1.82, 2.24) is 0 Å². The zero-order chi connectivity index (χ0) is 13.5. The molecule has 0 unspecified atom stereocenters. The molecule has 5 nitrogen and oxygen atoms in total. The second-order valence-corrected chi connectivity index (χ2v) is 3.53. The minimum atomic E-state index is -0.590. The zero-order valence-electron chi connectivity index (χ0n) is 10.7. The van der Waals surface area contributed by atoms with E-state index in [1.54, 1.807) is 38.3 Å². The quantitative estimate of drug-likeness (QED) is 0.478. The highest BCUT2D eigenvalue weighted by atomic mass is 16.5. The van der Waals surface area contributed by atoms with E-state index in [1.807, 2.05) is 0 Å². The van der Waals surface area contributed by atoms with Gasteiger partial charge in [0.25, 0.3) is 0 Å². The van der Waals surface area contributed by atoms with Gasteiger partial charge in [-0.3, -0.25) is 0 Å². The van der Waals surface area contributed by atoms with Crippen molar-refractivity contribution in [2.45, 2.75) is 13.8 Å². The Morgan fingerprint density at radius 2 is 1.94 bits per heavy atom. The van der Waals surface area contributed by atoms with Gasteiger partial charge < -0.3 is 19.9 Å². The van der Waals surface area contributed by atoms with E-state index in [4.69, 9.17) is 9.47 Å². The lowest BCUT2D eigenvalue weighted by Crippen LogP contribution is -2.16. The smallest absolute Gasteiger partial charge is 0.358 e. The second-order valence-electron chi connectivity index (χ2n) is 3.53. The summed E-state index contributed by atoms with van der Waals surface area (Å²) in [6.45, 7) is 3.37. The molecule has 0 aliphatic rings. The number of hydrogen-bond donors (Lipinski definition) is 2. The molecule has 0 bridgehead atoms. The molecule has 0 aliphatic carbocycles.